The lowest BCUT2D eigenvalue weighted by molar-refractivity contribution is -0.00847. The fourth-order valence-corrected chi connectivity index (χ4v) is 3.01. The third kappa shape index (κ3) is 4.24. The van der Waals surface area contributed by atoms with Crippen LogP contribution >= 0.6 is 0 Å². The number of rotatable bonds is 2. The van der Waals surface area contributed by atoms with E-state index in [0.29, 0.717) is 13.1 Å². The number of likely N-dealkylation sites (tertiary alicyclic amines) is 1. The standard InChI is InChI=1S/C17H32BNO5/c1-15(2,3)22-14(20)19-10-12(9-13(11-19)21-8)18-23-16(4,5)17(6,7)24-18/h12-13H,9-11H2,1-8H3/t12-,13+/m1/s1. The number of hydrogen-bond acceptors (Lipinski definition) is 5. The van der Waals surface area contributed by atoms with E-state index < -0.39 is 5.60 Å². The predicted molar refractivity (Wildman–Crippen MR) is 93.1 cm³/mol. The molecule has 2 atom stereocenters. The van der Waals surface area contributed by atoms with Gasteiger partial charge in [0.15, 0.2) is 0 Å². The third-order valence-corrected chi connectivity index (χ3v) is 5.09. The number of ether oxygens (including phenoxy) is 2. The van der Waals surface area contributed by atoms with Gasteiger partial charge in [0.1, 0.15) is 5.60 Å². The van der Waals surface area contributed by atoms with Gasteiger partial charge in [-0.1, -0.05) is 0 Å². The van der Waals surface area contributed by atoms with Crippen LogP contribution in [0.25, 0.3) is 0 Å². The van der Waals surface area contributed by atoms with E-state index in [9.17, 15) is 4.79 Å². The Morgan fingerprint density at radius 2 is 1.67 bits per heavy atom. The predicted octanol–water partition coefficient (Wildman–Crippen LogP) is 3.10. The Bertz CT molecular complexity index is 458. The molecule has 0 spiro atoms. The van der Waals surface area contributed by atoms with Gasteiger partial charge in [0.05, 0.1) is 23.9 Å². The minimum Gasteiger partial charge on any atom is -0.444 e. The summed E-state index contributed by atoms with van der Waals surface area (Å²) in [5, 5.41) is 0. The molecule has 2 fully saturated rings. The molecule has 0 aromatic rings. The van der Waals surface area contributed by atoms with Crippen LogP contribution in [0.3, 0.4) is 0 Å². The molecule has 24 heavy (non-hydrogen) atoms. The van der Waals surface area contributed by atoms with Crippen LogP contribution in [0, 0.1) is 0 Å². The number of nitrogens with zero attached hydrogens (tertiary/aromatic N) is 1. The van der Waals surface area contributed by atoms with Crippen molar-refractivity contribution in [1.29, 1.82) is 0 Å². The third-order valence-electron chi connectivity index (χ3n) is 5.09. The van der Waals surface area contributed by atoms with Crippen molar-refractivity contribution in [3.8, 4) is 0 Å². The first-order valence-electron chi connectivity index (χ1n) is 8.71. The van der Waals surface area contributed by atoms with Crippen molar-refractivity contribution in [2.45, 2.75) is 83.6 Å². The van der Waals surface area contributed by atoms with Crippen molar-refractivity contribution in [2.24, 2.45) is 0 Å². The molecule has 0 radical (unpaired) electrons. The summed E-state index contributed by atoms with van der Waals surface area (Å²) in [6.07, 6.45) is 0.438. The van der Waals surface area contributed by atoms with Gasteiger partial charge in [0.25, 0.3) is 0 Å². The van der Waals surface area contributed by atoms with Gasteiger partial charge in [0.2, 0.25) is 0 Å². The molecule has 0 saturated carbocycles. The maximum atomic E-state index is 12.5. The summed E-state index contributed by atoms with van der Waals surface area (Å²) in [5.74, 6) is 0.0530. The number of carbonyl (C=O) groups is 1. The van der Waals surface area contributed by atoms with Crippen LogP contribution in [0.15, 0.2) is 0 Å². The summed E-state index contributed by atoms with van der Waals surface area (Å²) in [4.78, 5) is 14.2. The SMILES string of the molecule is CO[C@H]1C[C@@H](B2OC(C)(C)C(C)(C)O2)CN(C(=O)OC(C)(C)C)C1. The van der Waals surface area contributed by atoms with E-state index in [-0.39, 0.29) is 36.3 Å². The molecule has 1 amide bonds. The maximum absolute atomic E-state index is 12.5. The molecule has 138 valence electrons. The zero-order valence-electron chi connectivity index (χ0n) is 16.3. The second kappa shape index (κ2) is 6.50. The number of piperidine rings is 1. The van der Waals surface area contributed by atoms with E-state index in [4.69, 9.17) is 18.8 Å². The van der Waals surface area contributed by atoms with Gasteiger partial charge < -0.3 is 23.7 Å². The van der Waals surface area contributed by atoms with E-state index in [1.165, 1.54) is 0 Å². The molecule has 6 nitrogen and oxygen atoms in total. The largest absolute Gasteiger partial charge is 0.463 e. The Kier molecular flexibility index (Phi) is 5.29. The van der Waals surface area contributed by atoms with Gasteiger partial charge in [-0.05, 0) is 54.9 Å². The molecule has 0 aliphatic carbocycles. The van der Waals surface area contributed by atoms with Crippen molar-refractivity contribution >= 4 is 13.2 Å². The highest BCUT2D eigenvalue weighted by Gasteiger charge is 2.55. The van der Waals surface area contributed by atoms with E-state index in [1.54, 1.807) is 12.0 Å². The average molecular weight is 341 g/mol. The second-order valence-electron chi connectivity index (χ2n) is 8.86. The molecule has 2 aliphatic heterocycles. The molecular formula is C17H32BNO5. The van der Waals surface area contributed by atoms with Gasteiger partial charge in [0, 0.05) is 19.5 Å². The first-order chi connectivity index (χ1) is 10.8. The lowest BCUT2D eigenvalue weighted by Gasteiger charge is -2.38. The van der Waals surface area contributed by atoms with Crippen LogP contribution in [-0.4, -0.2) is 61.2 Å². The number of carbonyl (C=O) groups excluding carboxylic acids is 1. The molecule has 2 rings (SSSR count). The molecule has 2 aliphatic rings. The highest BCUT2D eigenvalue weighted by molar-refractivity contribution is 6.47. The summed E-state index contributed by atoms with van der Waals surface area (Å²) in [7, 11) is 1.32. The summed E-state index contributed by atoms with van der Waals surface area (Å²) in [6.45, 7) is 14.8. The number of hydrogen-bond donors (Lipinski definition) is 0. The smallest absolute Gasteiger partial charge is 0.444 e. The summed E-state index contributed by atoms with van der Waals surface area (Å²) >= 11 is 0. The first-order valence-corrected chi connectivity index (χ1v) is 8.71. The Labute approximate surface area is 146 Å². The lowest BCUT2D eigenvalue weighted by atomic mass is 9.67. The molecule has 0 aromatic heterocycles. The second-order valence-corrected chi connectivity index (χ2v) is 8.86. The van der Waals surface area contributed by atoms with Gasteiger partial charge in [-0.2, -0.15) is 0 Å². The highest BCUT2D eigenvalue weighted by atomic mass is 16.7. The Morgan fingerprint density at radius 3 is 2.12 bits per heavy atom. The van der Waals surface area contributed by atoms with E-state index in [2.05, 4.69) is 0 Å². The van der Waals surface area contributed by atoms with Crippen molar-refractivity contribution in [2.75, 3.05) is 20.2 Å². The van der Waals surface area contributed by atoms with E-state index in [0.717, 1.165) is 6.42 Å². The fraction of sp³-hybridized carbons (Fsp3) is 0.941. The molecule has 2 saturated heterocycles. The monoisotopic (exact) mass is 341 g/mol. The maximum Gasteiger partial charge on any atom is 0.463 e. The minimum absolute atomic E-state index is 0.0460. The van der Waals surface area contributed by atoms with Crippen LogP contribution in [-0.2, 0) is 18.8 Å². The van der Waals surface area contributed by atoms with E-state index >= 15 is 0 Å². The zero-order valence-corrected chi connectivity index (χ0v) is 16.3. The quantitative estimate of drug-likeness (QED) is 0.723. The first kappa shape index (κ1) is 19.5. The van der Waals surface area contributed by atoms with Crippen LogP contribution < -0.4 is 0 Å². The number of amides is 1. The van der Waals surface area contributed by atoms with Gasteiger partial charge in [-0.15, -0.1) is 0 Å². The fourth-order valence-electron chi connectivity index (χ4n) is 3.01. The van der Waals surface area contributed by atoms with Crippen LogP contribution in [0.1, 0.15) is 54.9 Å². The van der Waals surface area contributed by atoms with Gasteiger partial charge >= 0.3 is 13.2 Å². The minimum atomic E-state index is -0.517. The van der Waals surface area contributed by atoms with Crippen molar-refractivity contribution < 1.29 is 23.6 Å². The molecule has 0 bridgehead atoms. The van der Waals surface area contributed by atoms with E-state index in [1.807, 2.05) is 48.5 Å². The molecule has 2 heterocycles. The van der Waals surface area contributed by atoms with Gasteiger partial charge in [-0.3, -0.25) is 0 Å². The normalized spacial score (nSPS) is 29.7. The Morgan fingerprint density at radius 1 is 1.12 bits per heavy atom. The molecular weight excluding hydrogens is 309 g/mol. The molecule has 0 aromatic carbocycles. The number of methoxy groups -OCH3 is 1. The van der Waals surface area contributed by atoms with Crippen molar-refractivity contribution in [3.05, 3.63) is 0 Å². The van der Waals surface area contributed by atoms with Crippen LogP contribution in [0.4, 0.5) is 4.79 Å². The van der Waals surface area contributed by atoms with Crippen LogP contribution in [0.2, 0.25) is 5.82 Å². The zero-order chi connectivity index (χ0) is 18.3. The van der Waals surface area contributed by atoms with Crippen molar-refractivity contribution in [3.63, 3.8) is 0 Å². The van der Waals surface area contributed by atoms with Crippen LogP contribution in [0.5, 0.6) is 0 Å². The van der Waals surface area contributed by atoms with Gasteiger partial charge in [-0.25, -0.2) is 4.79 Å². The molecule has 7 heteroatoms. The Balaban J connectivity index is 2.10. The summed E-state index contributed by atoms with van der Waals surface area (Å²) < 4.78 is 23.4. The molecule has 0 unspecified atom stereocenters. The lowest BCUT2D eigenvalue weighted by Crippen LogP contribution is -2.50. The topological polar surface area (TPSA) is 57.2 Å². The summed E-state index contributed by atoms with van der Waals surface area (Å²) in [5.41, 5.74) is -1.28. The highest BCUT2D eigenvalue weighted by Crippen LogP contribution is 2.42. The van der Waals surface area contributed by atoms with Crippen molar-refractivity contribution in [1.82, 2.24) is 4.90 Å². The molecule has 0 N–H and O–H groups in total. The average Bonchev–Trinajstić information content (AvgIpc) is 2.65. The summed E-state index contributed by atoms with van der Waals surface area (Å²) in [6, 6.07) is 0. The Hall–Kier alpha value is -0.785.